The fourth-order valence-corrected chi connectivity index (χ4v) is 6.28. The van der Waals surface area contributed by atoms with E-state index in [-0.39, 0.29) is 17.7 Å². The summed E-state index contributed by atoms with van der Waals surface area (Å²) in [6, 6.07) is 16.7. The van der Waals surface area contributed by atoms with Crippen LogP contribution >= 0.6 is 0 Å². The van der Waals surface area contributed by atoms with Crippen LogP contribution in [0.2, 0.25) is 0 Å². The summed E-state index contributed by atoms with van der Waals surface area (Å²) in [5.74, 6) is -0.384. The molecule has 174 valence electrons. The van der Waals surface area contributed by atoms with Crippen LogP contribution in [0.1, 0.15) is 43.7 Å². The Hall–Kier alpha value is -2.86. The van der Waals surface area contributed by atoms with Gasteiger partial charge in [-0.3, -0.25) is 14.5 Å². The quantitative estimate of drug-likeness (QED) is 0.637. The minimum Gasteiger partial charge on any atom is -0.372 e. The Morgan fingerprint density at radius 2 is 2.09 bits per heavy atom. The highest BCUT2D eigenvalue weighted by atomic mass is 16.2. The number of anilines is 2. The Morgan fingerprint density at radius 3 is 2.91 bits per heavy atom. The van der Waals surface area contributed by atoms with E-state index < -0.39 is 5.54 Å². The number of nitrogens with one attached hydrogen (secondary N) is 2. The van der Waals surface area contributed by atoms with Crippen LogP contribution in [0.25, 0.3) is 0 Å². The molecule has 6 heteroatoms. The van der Waals surface area contributed by atoms with Gasteiger partial charge in [-0.15, -0.1) is 0 Å². The molecule has 3 aliphatic rings. The predicted octanol–water partition coefficient (Wildman–Crippen LogP) is 3.66. The van der Waals surface area contributed by atoms with Crippen LogP contribution in [0.15, 0.2) is 48.5 Å². The smallest absolute Gasteiger partial charge is 0.250 e. The van der Waals surface area contributed by atoms with E-state index in [4.69, 9.17) is 0 Å². The number of hydrogen-bond donors (Lipinski definition) is 2. The second-order valence-electron chi connectivity index (χ2n) is 9.61. The van der Waals surface area contributed by atoms with Crippen molar-refractivity contribution >= 4 is 23.2 Å². The highest BCUT2D eigenvalue weighted by molar-refractivity contribution is 6.09. The van der Waals surface area contributed by atoms with Crippen LogP contribution in [0.5, 0.6) is 0 Å². The molecule has 0 radical (unpaired) electrons. The lowest BCUT2D eigenvalue weighted by Crippen LogP contribution is -2.54. The predicted molar refractivity (Wildman–Crippen MR) is 131 cm³/mol. The first kappa shape index (κ1) is 22.0. The maximum Gasteiger partial charge on any atom is 0.250 e. The molecular weight excluding hydrogens is 412 g/mol. The summed E-state index contributed by atoms with van der Waals surface area (Å²) in [7, 11) is 0. The number of hydrogen-bond acceptors (Lipinski definition) is 4. The second-order valence-corrected chi connectivity index (χ2v) is 9.61. The molecule has 33 heavy (non-hydrogen) atoms. The van der Waals surface area contributed by atoms with Gasteiger partial charge in [-0.25, -0.2) is 0 Å². The van der Waals surface area contributed by atoms with Crippen molar-refractivity contribution in [2.45, 2.75) is 51.1 Å². The third-order valence-corrected chi connectivity index (χ3v) is 7.74. The van der Waals surface area contributed by atoms with E-state index in [0.717, 1.165) is 56.6 Å². The van der Waals surface area contributed by atoms with Gasteiger partial charge in [0, 0.05) is 42.6 Å². The Morgan fingerprint density at radius 1 is 1.24 bits per heavy atom. The average molecular weight is 447 g/mol. The fourth-order valence-electron chi connectivity index (χ4n) is 6.28. The van der Waals surface area contributed by atoms with Crippen LogP contribution in [-0.2, 0) is 15.1 Å². The first-order valence-electron chi connectivity index (χ1n) is 12.3. The molecule has 5 rings (SSSR count). The van der Waals surface area contributed by atoms with E-state index in [0.29, 0.717) is 12.6 Å². The standard InChI is InChI=1S/C27H34N4O2/c1-3-30(20-10-6-9-19(2)17-20)15-8-14-28-25(32)23-18-21-11-7-16-31(21)27(23)22-12-4-5-13-24(22)29-26(27)33/h4-6,9-10,12-13,17,21,23H,3,7-8,11,14-16,18H2,1-2H3,(H,28,32)(H,29,33). The van der Waals surface area contributed by atoms with Gasteiger partial charge in [0.05, 0.1) is 5.92 Å². The molecule has 2 fully saturated rings. The van der Waals surface area contributed by atoms with Gasteiger partial charge in [-0.05, 0) is 69.8 Å². The largest absolute Gasteiger partial charge is 0.372 e. The van der Waals surface area contributed by atoms with Crippen LogP contribution in [0.3, 0.4) is 0 Å². The number of fused-ring (bicyclic) bond motifs is 4. The Bertz CT molecular complexity index is 1050. The van der Waals surface area contributed by atoms with Crippen molar-refractivity contribution in [1.82, 2.24) is 10.2 Å². The average Bonchev–Trinajstić information content (AvgIpc) is 3.48. The zero-order chi connectivity index (χ0) is 23.0. The lowest BCUT2D eigenvalue weighted by molar-refractivity contribution is -0.137. The van der Waals surface area contributed by atoms with Gasteiger partial charge in [0.2, 0.25) is 11.8 Å². The topological polar surface area (TPSA) is 64.7 Å². The number of benzene rings is 2. The molecule has 2 aromatic carbocycles. The number of carbonyl (C=O) groups is 2. The van der Waals surface area contributed by atoms with Gasteiger partial charge < -0.3 is 15.5 Å². The molecule has 2 amide bonds. The third-order valence-electron chi connectivity index (χ3n) is 7.74. The number of carbonyl (C=O) groups excluding carboxylic acids is 2. The van der Waals surface area contributed by atoms with E-state index in [1.807, 2.05) is 24.3 Å². The second kappa shape index (κ2) is 8.82. The maximum absolute atomic E-state index is 13.5. The zero-order valence-corrected chi connectivity index (χ0v) is 19.6. The normalized spacial score (nSPS) is 25.7. The SMILES string of the molecule is CCN(CCCNC(=O)C1CC2CCCN2C12C(=O)Nc1ccccc12)c1cccc(C)c1. The summed E-state index contributed by atoms with van der Waals surface area (Å²) in [6.07, 6.45) is 3.76. The van der Waals surface area contributed by atoms with Crippen molar-refractivity contribution in [3.05, 3.63) is 59.7 Å². The third kappa shape index (κ3) is 3.61. The van der Waals surface area contributed by atoms with Gasteiger partial charge in [-0.2, -0.15) is 0 Å². The van der Waals surface area contributed by atoms with Crippen molar-refractivity contribution in [3.8, 4) is 0 Å². The highest BCUT2D eigenvalue weighted by Gasteiger charge is 2.65. The number of amides is 2. The van der Waals surface area contributed by atoms with Crippen molar-refractivity contribution in [2.24, 2.45) is 5.92 Å². The van der Waals surface area contributed by atoms with E-state index in [1.54, 1.807) is 0 Å². The van der Waals surface area contributed by atoms with Gasteiger partial charge in [0.1, 0.15) is 5.54 Å². The van der Waals surface area contributed by atoms with Gasteiger partial charge in [0.25, 0.3) is 0 Å². The van der Waals surface area contributed by atoms with Crippen molar-refractivity contribution in [3.63, 3.8) is 0 Å². The fraction of sp³-hybridized carbons (Fsp3) is 0.481. The van der Waals surface area contributed by atoms with Gasteiger partial charge >= 0.3 is 0 Å². The molecular formula is C27H34N4O2. The minimum absolute atomic E-state index is 0.00913. The van der Waals surface area contributed by atoms with E-state index in [9.17, 15) is 9.59 Å². The molecule has 0 aromatic heterocycles. The molecule has 3 aliphatic heterocycles. The van der Waals surface area contributed by atoms with Crippen LogP contribution in [0.4, 0.5) is 11.4 Å². The molecule has 3 heterocycles. The number of rotatable bonds is 7. The Labute approximate surface area is 196 Å². The van der Waals surface area contributed by atoms with Crippen molar-refractivity contribution in [1.29, 1.82) is 0 Å². The summed E-state index contributed by atoms with van der Waals surface area (Å²) >= 11 is 0. The molecule has 2 saturated heterocycles. The molecule has 0 bridgehead atoms. The van der Waals surface area contributed by atoms with Crippen LogP contribution in [-0.4, -0.2) is 48.9 Å². The van der Waals surface area contributed by atoms with Gasteiger partial charge in [0.15, 0.2) is 0 Å². The summed E-state index contributed by atoms with van der Waals surface area (Å²) in [5.41, 5.74) is 3.43. The summed E-state index contributed by atoms with van der Waals surface area (Å²) < 4.78 is 0. The number of para-hydroxylation sites is 1. The van der Waals surface area contributed by atoms with Crippen molar-refractivity contribution < 1.29 is 9.59 Å². The minimum atomic E-state index is -0.862. The highest BCUT2D eigenvalue weighted by Crippen LogP contribution is 2.55. The molecule has 3 atom stereocenters. The van der Waals surface area contributed by atoms with Crippen LogP contribution < -0.4 is 15.5 Å². The molecule has 0 saturated carbocycles. The Balaban J connectivity index is 1.28. The maximum atomic E-state index is 13.5. The van der Waals surface area contributed by atoms with Crippen LogP contribution in [0, 0.1) is 12.8 Å². The monoisotopic (exact) mass is 446 g/mol. The first-order valence-corrected chi connectivity index (χ1v) is 12.3. The molecule has 0 aliphatic carbocycles. The van der Waals surface area contributed by atoms with E-state index >= 15 is 0 Å². The molecule has 6 nitrogen and oxygen atoms in total. The molecule has 3 unspecified atom stereocenters. The summed E-state index contributed by atoms with van der Waals surface area (Å²) in [5, 5.41) is 6.26. The van der Waals surface area contributed by atoms with Gasteiger partial charge in [-0.1, -0.05) is 30.3 Å². The first-order chi connectivity index (χ1) is 16.1. The van der Waals surface area contributed by atoms with Crippen molar-refractivity contribution in [2.75, 3.05) is 36.4 Å². The lowest BCUT2D eigenvalue weighted by atomic mass is 9.78. The summed E-state index contributed by atoms with van der Waals surface area (Å²) in [6.45, 7) is 7.56. The Kier molecular flexibility index (Phi) is 5.87. The number of nitrogens with zero attached hydrogens (tertiary/aromatic N) is 2. The molecule has 1 spiro atoms. The molecule has 2 aromatic rings. The number of aryl methyl sites for hydroxylation is 1. The molecule has 2 N–H and O–H groups in total. The lowest BCUT2D eigenvalue weighted by Gasteiger charge is -2.36. The van der Waals surface area contributed by atoms with E-state index in [2.05, 4.69) is 58.5 Å². The summed E-state index contributed by atoms with van der Waals surface area (Å²) in [4.78, 5) is 31.6. The van der Waals surface area contributed by atoms with E-state index in [1.165, 1.54) is 11.3 Å². The zero-order valence-electron chi connectivity index (χ0n) is 19.6.